The van der Waals surface area contributed by atoms with Crippen LogP contribution in [0.2, 0.25) is 0 Å². The van der Waals surface area contributed by atoms with Crippen molar-refractivity contribution in [1.82, 2.24) is 0 Å². The third-order valence-corrected chi connectivity index (χ3v) is 4.47. The molecule has 2 aromatic rings. The van der Waals surface area contributed by atoms with Gasteiger partial charge in [0.05, 0.1) is 30.2 Å². The Morgan fingerprint density at radius 3 is 2.56 bits per heavy atom. The molecule has 1 aliphatic rings. The molecular weight excluding hydrogens is 340 g/mol. The molecule has 140 valence electrons. The Balaban J connectivity index is 1.88. The number of para-hydroxylation sites is 1. The third-order valence-electron chi connectivity index (χ3n) is 4.47. The molecule has 3 rings (SSSR count). The molecule has 0 radical (unpaired) electrons. The van der Waals surface area contributed by atoms with E-state index in [0.717, 1.165) is 17.7 Å². The van der Waals surface area contributed by atoms with Crippen LogP contribution in [0.4, 0.5) is 5.69 Å². The molecule has 27 heavy (non-hydrogen) atoms. The van der Waals surface area contributed by atoms with Crippen LogP contribution in [0, 0.1) is 0 Å². The summed E-state index contributed by atoms with van der Waals surface area (Å²) in [6.07, 6.45) is 2.85. The smallest absolute Gasteiger partial charge is 0.280 e. The van der Waals surface area contributed by atoms with Crippen LogP contribution in [0.3, 0.4) is 0 Å². The van der Waals surface area contributed by atoms with Gasteiger partial charge in [-0.1, -0.05) is 31.2 Å². The highest BCUT2D eigenvalue weighted by atomic mass is 16.5. The number of rotatable bonds is 6. The maximum atomic E-state index is 12.8. The molecule has 1 aliphatic heterocycles. The molecule has 1 atom stereocenters. The highest BCUT2D eigenvalue weighted by Gasteiger charge is 2.28. The van der Waals surface area contributed by atoms with Crippen molar-refractivity contribution in [3.05, 3.63) is 59.7 Å². The van der Waals surface area contributed by atoms with Crippen LogP contribution >= 0.6 is 0 Å². The van der Waals surface area contributed by atoms with E-state index in [4.69, 9.17) is 9.47 Å². The minimum Gasteiger partial charge on any atom is -0.493 e. The maximum Gasteiger partial charge on any atom is 0.280 e. The fourth-order valence-corrected chi connectivity index (χ4v) is 2.77. The van der Waals surface area contributed by atoms with E-state index in [1.807, 2.05) is 68.5 Å². The number of hydrogen-bond acceptors (Lipinski definition) is 4. The van der Waals surface area contributed by atoms with E-state index in [9.17, 15) is 4.79 Å². The Morgan fingerprint density at radius 2 is 1.89 bits per heavy atom. The Bertz CT molecular complexity index is 888. The highest BCUT2D eigenvalue weighted by Crippen LogP contribution is 2.31. The third kappa shape index (κ3) is 4.03. The van der Waals surface area contributed by atoms with Crippen molar-refractivity contribution in [2.75, 3.05) is 12.1 Å². The number of amides is 1. The molecule has 0 fully saturated rings. The summed E-state index contributed by atoms with van der Waals surface area (Å²) < 4.78 is 11.3. The van der Waals surface area contributed by atoms with E-state index in [0.29, 0.717) is 22.8 Å². The van der Waals surface area contributed by atoms with Gasteiger partial charge < -0.3 is 9.47 Å². The van der Waals surface area contributed by atoms with E-state index in [1.54, 1.807) is 7.11 Å². The van der Waals surface area contributed by atoms with E-state index in [1.165, 1.54) is 5.01 Å². The van der Waals surface area contributed by atoms with Gasteiger partial charge in [0.25, 0.3) is 5.91 Å². The lowest BCUT2D eigenvalue weighted by Crippen LogP contribution is -2.21. The zero-order valence-electron chi connectivity index (χ0n) is 16.1. The number of hydrazone groups is 1. The first-order chi connectivity index (χ1) is 13.0. The molecule has 5 nitrogen and oxygen atoms in total. The van der Waals surface area contributed by atoms with Crippen LogP contribution in [0.5, 0.6) is 11.5 Å². The Morgan fingerprint density at radius 1 is 1.15 bits per heavy atom. The van der Waals surface area contributed by atoms with Crippen molar-refractivity contribution in [2.24, 2.45) is 5.10 Å². The van der Waals surface area contributed by atoms with Crippen molar-refractivity contribution < 1.29 is 14.3 Å². The van der Waals surface area contributed by atoms with Crippen molar-refractivity contribution in [3.8, 4) is 11.5 Å². The second kappa shape index (κ2) is 8.08. The molecular formula is C22H24N2O3. The van der Waals surface area contributed by atoms with Crippen LogP contribution in [0.15, 0.2) is 59.2 Å². The number of ether oxygens (including phenoxy) is 2. The molecule has 0 N–H and O–H groups in total. The number of methoxy groups -OCH3 is 1. The van der Waals surface area contributed by atoms with E-state index < -0.39 is 0 Å². The molecule has 0 bridgehead atoms. The molecule has 0 spiro atoms. The minimum atomic E-state index is -0.141. The van der Waals surface area contributed by atoms with Gasteiger partial charge in [-0.25, -0.2) is 0 Å². The number of carbonyl (C=O) groups is 1. The second-order valence-corrected chi connectivity index (χ2v) is 6.44. The SMILES string of the molecule is CC[C@@H](C)Oc1ccc(/C=C2/C(=O)N(c3ccccc3)N=C2C)cc1OC. The minimum absolute atomic E-state index is 0.105. The van der Waals surface area contributed by atoms with Gasteiger partial charge in [-0.3, -0.25) is 4.79 Å². The van der Waals surface area contributed by atoms with E-state index >= 15 is 0 Å². The lowest BCUT2D eigenvalue weighted by molar-refractivity contribution is -0.114. The number of carbonyl (C=O) groups excluding carboxylic acids is 1. The Labute approximate surface area is 159 Å². The maximum absolute atomic E-state index is 12.8. The largest absolute Gasteiger partial charge is 0.493 e. The Kier molecular flexibility index (Phi) is 5.60. The number of anilines is 1. The first-order valence-corrected chi connectivity index (χ1v) is 9.05. The topological polar surface area (TPSA) is 51.1 Å². The summed E-state index contributed by atoms with van der Waals surface area (Å²) in [5, 5.41) is 5.83. The number of nitrogens with zero attached hydrogens (tertiary/aromatic N) is 2. The van der Waals surface area contributed by atoms with Gasteiger partial charge in [0.15, 0.2) is 11.5 Å². The summed E-state index contributed by atoms with van der Waals surface area (Å²) in [6.45, 7) is 5.93. The summed E-state index contributed by atoms with van der Waals surface area (Å²) in [5.74, 6) is 1.20. The summed E-state index contributed by atoms with van der Waals surface area (Å²) in [5.41, 5.74) is 2.86. The highest BCUT2D eigenvalue weighted by molar-refractivity contribution is 6.32. The van der Waals surface area contributed by atoms with Gasteiger partial charge in [0, 0.05) is 0 Å². The normalized spacial score (nSPS) is 16.4. The van der Waals surface area contributed by atoms with Gasteiger partial charge in [0.1, 0.15) is 0 Å². The fraction of sp³-hybridized carbons (Fsp3) is 0.273. The van der Waals surface area contributed by atoms with Gasteiger partial charge in [0.2, 0.25) is 0 Å². The molecule has 0 aromatic heterocycles. The van der Waals surface area contributed by atoms with E-state index in [2.05, 4.69) is 12.0 Å². The van der Waals surface area contributed by atoms with Crippen molar-refractivity contribution in [2.45, 2.75) is 33.3 Å². The molecule has 1 amide bonds. The van der Waals surface area contributed by atoms with Gasteiger partial charge >= 0.3 is 0 Å². The lowest BCUT2D eigenvalue weighted by atomic mass is 10.1. The number of hydrogen-bond donors (Lipinski definition) is 0. The predicted molar refractivity (Wildman–Crippen MR) is 108 cm³/mol. The molecule has 0 aliphatic carbocycles. The Hall–Kier alpha value is -3.08. The summed E-state index contributed by atoms with van der Waals surface area (Å²) in [6, 6.07) is 15.1. The van der Waals surface area contributed by atoms with Gasteiger partial charge in [-0.2, -0.15) is 10.1 Å². The van der Waals surface area contributed by atoms with Crippen molar-refractivity contribution in [3.63, 3.8) is 0 Å². The second-order valence-electron chi connectivity index (χ2n) is 6.44. The standard InChI is InChI=1S/C22H24N2O3/c1-5-15(2)27-20-12-11-17(14-21(20)26-4)13-19-16(3)23-24(22(19)25)18-9-7-6-8-10-18/h6-15H,5H2,1-4H3/b19-13+/t15-/m1/s1. The number of benzene rings is 2. The van der Waals surface area contributed by atoms with Gasteiger partial charge in [-0.05, 0) is 56.2 Å². The first-order valence-electron chi connectivity index (χ1n) is 9.05. The van der Waals surface area contributed by atoms with Crippen molar-refractivity contribution in [1.29, 1.82) is 0 Å². The lowest BCUT2D eigenvalue weighted by Gasteiger charge is -2.16. The van der Waals surface area contributed by atoms with E-state index in [-0.39, 0.29) is 12.0 Å². The molecule has 1 heterocycles. The van der Waals surface area contributed by atoms with Crippen LogP contribution in [-0.4, -0.2) is 24.8 Å². The van der Waals surface area contributed by atoms with Crippen LogP contribution in [0.1, 0.15) is 32.8 Å². The summed E-state index contributed by atoms with van der Waals surface area (Å²) in [4.78, 5) is 12.8. The zero-order valence-corrected chi connectivity index (χ0v) is 16.1. The van der Waals surface area contributed by atoms with Crippen LogP contribution in [0.25, 0.3) is 6.08 Å². The molecule has 5 heteroatoms. The average molecular weight is 364 g/mol. The van der Waals surface area contributed by atoms with Crippen LogP contribution < -0.4 is 14.5 Å². The molecule has 2 aromatic carbocycles. The zero-order chi connectivity index (χ0) is 19.4. The van der Waals surface area contributed by atoms with Crippen LogP contribution in [-0.2, 0) is 4.79 Å². The summed E-state index contributed by atoms with van der Waals surface area (Å²) in [7, 11) is 1.61. The monoisotopic (exact) mass is 364 g/mol. The summed E-state index contributed by atoms with van der Waals surface area (Å²) >= 11 is 0. The first kappa shape index (κ1) is 18.7. The average Bonchev–Trinajstić information content (AvgIpc) is 2.97. The molecule has 0 saturated carbocycles. The molecule has 0 saturated heterocycles. The fourth-order valence-electron chi connectivity index (χ4n) is 2.77. The quantitative estimate of drug-likeness (QED) is 0.700. The van der Waals surface area contributed by atoms with Gasteiger partial charge in [-0.15, -0.1) is 0 Å². The van der Waals surface area contributed by atoms with Crippen molar-refractivity contribution >= 4 is 23.4 Å². The molecule has 0 unspecified atom stereocenters. The predicted octanol–water partition coefficient (Wildman–Crippen LogP) is 4.68.